The number of thiophene rings is 1. The Bertz CT molecular complexity index is 635. The molecule has 0 fully saturated rings. The number of hydrogen-bond donors (Lipinski definition) is 0. The number of carbonyl (C=O) groups excluding carboxylic acids is 1. The van der Waals surface area contributed by atoms with E-state index in [-0.39, 0.29) is 11.0 Å². The highest BCUT2D eigenvalue weighted by atomic mass is 32.1. The zero-order valence-corrected chi connectivity index (χ0v) is 12.8. The average molecular weight is 289 g/mol. The van der Waals surface area contributed by atoms with Crippen molar-refractivity contribution < 1.29 is 14.6 Å². The molecule has 0 saturated carbocycles. The van der Waals surface area contributed by atoms with Gasteiger partial charge in [0.15, 0.2) is 0 Å². The van der Waals surface area contributed by atoms with Crippen LogP contribution in [0.5, 0.6) is 5.75 Å². The predicted molar refractivity (Wildman–Crippen MR) is 79.3 cm³/mol. The summed E-state index contributed by atoms with van der Waals surface area (Å²) in [5, 5.41) is 12.5. The third-order valence-corrected chi connectivity index (χ3v) is 4.11. The third kappa shape index (κ3) is 2.85. The molecule has 0 N–H and O–H groups in total. The number of benzene rings is 1. The Hall–Kier alpha value is -1.81. The predicted octanol–water partition coefficient (Wildman–Crippen LogP) is 3.08. The standard InChI is InChI=1S/C16H18O3S/c1-16(2,3)12-7-10(5-6-13(12)19-4)14-8-11(9-20-14)15(17)18/h5-9H,1-4H3,(H,17,18)/p-1. The van der Waals surface area contributed by atoms with Gasteiger partial charge in [-0.1, -0.05) is 20.8 Å². The third-order valence-electron chi connectivity index (χ3n) is 3.13. The van der Waals surface area contributed by atoms with Gasteiger partial charge in [0.1, 0.15) is 5.75 Å². The van der Waals surface area contributed by atoms with Crippen LogP contribution in [0.2, 0.25) is 0 Å². The molecule has 3 nitrogen and oxygen atoms in total. The molecule has 0 spiro atoms. The van der Waals surface area contributed by atoms with Gasteiger partial charge in [-0.15, -0.1) is 11.3 Å². The van der Waals surface area contributed by atoms with Crippen LogP contribution in [0.1, 0.15) is 36.7 Å². The van der Waals surface area contributed by atoms with Crippen molar-refractivity contribution in [1.82, 2.24) is 0 Å². The van der Waals surface area contributed by atoms with Crippen LogP contribution in [-0.4, -0.2) is 13.1 Å². The van der Waals surface area contributed by atoms with Gasteiger partial charge in [-0.05, 0) is 35.2 Å². The number of methoxy groups -OCH3 is 1. The summed E-state index contributed by atoms with van der Waals surface area (Å²) in [5.41, 5.74) is 2.27. The molecule has 20 heavy (non-hydrogen) atoms. The summed E-state index contributed by atoms with van der Waals surface area (Å²) in [5.74, 6) is -0.296. The lowest BCUT2D eigenvalue weighted by molar-refractivity contribution is -0.255. The van der Waals surface area contributed by atoms with E-state index in [1.807, 2.05) is 12.1 Å². The lowest BCUT2D eigenvalue weighted by atomic mass is 9.85. The SMILES string of the molecule is COc1ccc(-c2cc(C(=O)[O-])cs2)cc1C(C)(C)C. The number of aromatic carboxylic acids is 1. The fourth-order valence-corrected chi connectivity index (χ4v) is 2.92. The van der Waals surface area contributed by atoms with Crippen molar-refractivity contribution in [3.8, 4) is 16.2 Å². The van der Waals surface area contributed by atoms with Crippen LogP contribution in [0, 0.1) is 0 Å². The number of hydrogen-bond acceptors (Lipinski definition) is 4. The first-order chi connectivity index (χ1) is 9.32. The molecule has 0 atom stereocenters. The molecule has 0 bridgehead atoms. The first-order valence-corrected chi connectivity index (χ1v) is 7.19. The Labute approximate surface area is 122 Å². The zero-order valence-electron chi connectivity index (χ0n) is 12.0. The first kappa shape index (κ1) is 14.6. The van der Waals surface area contributed by atoms with E-state index in [9.17, 15) is 9.90 Å². The molecule has 1 heterocycles. The van der Waals surface area contributed by atoms with Gasteiger partial charge in [0.2, 0.25) is 0 Å². The molecule has 2 rings (SSSR count). The van der Waals surface area contributed by atoms with Crippen molar-refractivity contribution in [2.24, 2.45) is 0 Å². The molecule has 0 aliphatic carbocycles. The van der Waals surface area contributed by atoms with E-state index in [0.29, 0.717) is 0 Å². The highest BCUT2D eigenvalue weighted by Crippen LogP contribution is 2.36. The molecule has 0 aliphatic heterocycles. The Morgan fingerprint density at radius 2 is 1.95 bits per heavy atom. The van der Waals surface area contributed by atoms with Crippen LogP contribution in [0.3, 0.4) is 0 Å². The minimum atomic E-state index is -1.14. The van der Waals surface area contributed by atoms with Gasteiger partial charge in [0.05, 0.1) is 13.1 Å². The van der Waals surface area contributed by atoms with Crippen LogP contribution < -0.4 is 9.84 Å². The smallest absolute Gasteiger partial charge is 0.122 e. The second-order valence-corrected chi connectivity index (χ2v) is 6.56. The summed E-state index contributed by atoms with van der Waals surface area (Å²) < 4.78 is 5.41. The van der Waals surface area contributed by atoms with Crippen LogP contribution in [0.25, 0.3) is 10.4 Å². The first-order valence-electron chi connectivity index (χ1n) is 6.31. The topological polar surface area (TPSA) is 49.4 Å². The Kier molecular flexibility index (Phi) is 3.86. The summed E-state index contributed by atoms with van der Waals surface area (Å²) in [6.07, 6.45) is 0. The molecule has 0 aliphatic rings. The van der Waals surface area contributed by atoms with Gasteiger partial charge in [-0.3, -0.25) is 0 Å². The maximum Gasteiger partial charge on any atom is 0.122 e. The molecular formula is C16H17O3S-. The van der Waals surface area contributed by atoms with Crippen molar-refractivity contribution in [3.63, 3.8) is 0 Å². The highest BCUT2D eigenvalue weighted by Gasteiger charge is 2.19. The van der Waals surface area contributed by atoms with E-state index >= 15 is 0 Å². The summed E-state index contributed by atoms with van der Waals surface area (Å²) in [6.45, 7) is 6.36. The van der Waals surface area contributed by atoms with E-state index in [1.165, 1.54) is 11.3 Å². The number of carboxylic acids is 1. The quantitative estimate of drug-likeness (QED) is 0.872. The largest absolute Gasteiger partial charge is 0.545 e. The van der Waals surface area contributed by atoms with E-state index < -0.39 is 5.97 Å². The molecule has 0 saturated heterocycles. The van der Waals surface area contributed by atoms with Crippen molar-refractivity contribution >= 4 is 17.3 Å². The van der Waals surface area contributed by atoms with Crippen molar-refractivity contribution in [2.75, 3.05) is 7.11 Å². The number of carbonyl (C=O) groups is 1. The Morgan fingerprint density at radius 3 is 2.45 bits per heavy atom. The molecule has 0 radical (unpaired) electrons. The van der Waals surface area contributed by atoms with Crippen molar-refractivity contribution in [3.05, 3.63) is 40.8 Å². The molecule has 1 aromatic carbocycles. The maximum atomic E-state index is 10.8. The molecule has 106 valence electrons. The second kappa shape index (κ2) is 5.29. The van der Waals surface area contributed by atoms with Crippen molar-refractivity contribution in [2.45, 2.75) is 26.2 Å². The fourth-order valence-electron chi connectivity index (χ4n) is 2.04. The molecule has 2 aromatic rings. The number of rotatable bonds is 3. The fraction of sp³-hybridized carbons (Fsp3) is 0.312. The summed E-state index contributed by atoms with van der Waals surface area (Å²) in [6, 6.07) is 7.57. The average Bonchev–Trinajstić information content (AvgIpc) is 2.86. The summed E-state index contributed by atoms with van der Waals surface area (Å²) in [7, 11) is 1.66. The van der Waals surface area contributed by atoms with E-state index in [0.717, 1.165) is 21.8 Å². The Morgan fingerprint density at radius 1 is 1.25 bits per heavy atom. The van der Waals surface area contributed by atoms with Crippen LogP contribution >= 0.6 is 11.3 Å². The lowest BCUT2D eigenvalue weighted by Crippen LogP contribution is -2.21. The normalized spacial score (nSPS) is 11.4. The molecule has 0 unspecified atom stereocenters. The van der Waals surface area contributed by atoms with Gasteiger partial charge in [0.25, 0.3) is 0 Å². The van der Waals surface area contributed by atoms with Gasteiger partial charge in [-0.2, -0.15) is 0 Å². The van der Waals surface area contributed by atoms with E-state index in [1.54, 1.807) is 18.6 Å². The molecular weight excluding hydrogens is 272 g/mol. The maximum absolute atomic E-state index is 10.8. The van der Waals surface area contributed by atoms with Gasteiger partial charge < -0.3 is 14.6 Å². The number of ether oxygens (including phenoxy) is 1. The summed E-state index contributed by atoms with van der Waals surface area (Å²) in [4.78, 5) is 11.8. The van der Waals surface area contributed by atoms with Gasteiger partial charge >= 0.3 is 0 Å². The Balaban J connectivity index is 2.50. The highest BCUT2D eigenvalue weighted by molar-refractivity contribution is 7.13. The summed E-state index contributed by atoms with van der Waals surface area (Å²) >= 11 is 1.40. The molecule has 0 amide bonds. The molecule has 4 heteroatoms. The van der Waals surface area contributed by atoms with Crippen molar-refractivity contribution in [1.29, 1.82) is 0 Å². The monoisotopic (exact) mass is 289 g/mol. The lowest BCUT2D eigenvalue weighted by Gasteiger charge is -2.22. The second-order valence-electron chi connectivity index (χ2n) is 5.65. The van der Waals surface area contributed by atoms with Gasteiger partial charge in [-0.25, -0.2) is 0 Å². The minimum Gasteiger partial charge on any atom is -0.545 e. The van der Waals surface area contributed by atoms with Crippen LogP contribution in [0.4, 0.5) is 0 Å². The minimum absolute atomic E-state index is 0.0458. The van der Waals surface area contributed by atoms with Crippen LogP contribution in [-0.2, 0) is 5.41 Å². The number of carboxylic acid groups (broad SMARTS) is 1. The van der Waals surface area contributed by atoms with Gasteiger partial charge in [0, 0.05) is 21.4 Å². The zero-order chi connectivity index (χ0) is 14.9. The van der Waals surface area contributed by atoms with E-state index in [4.69, 9.17) is 4.74 Å². The molecule has 1 aromatic heterocycles. The van der Waals surface area contributed by atoms with E-state index in [2.05, 4.69) is 26.8 Å². The van der Waals surface area contributed by atoms with Crippen LogP contribution in [0.15, 0.2) is 29.6 Å².